The molecule has 0 saturated carbocycles. The predicted octanol–water partition coefficient (Wildman–Crippen LogP) is 2.41. The van der Waals surface area contributed by atoms with Gasteiger partial charge in [0.15, 0.2) is 6.29 Å². The number of likely N-dealkylation sites (tertiary alicyclic amines) is 1. The zero-order chi connectivity index (χ0) is 13.0. The Labute approximate surface area is 105 Å². The monoisotopic (exact) mass is 267 g/mol. The molecule has 2 aliphatic rings. The summed E-state index contributed by atoms with van der Waals surface area (Å²) in [5.41, 5.74) is 0. The first-order valence-electron chi connectivity index (χ1n) is 6.58. The van der Waals surface area contributed by atoms with Gasteiger partial charge in [-0.15, -0.1) is 0 Å². The van der Waals surface area contributed by atoms with E-state index in [4.69, 9.17) is 9.47 Å². The lowest BCUT2D eigenvalue weighted by atomic mass is 9.96. The number of alkyl halides is 3. The lowest BCUT2D eigenvalue weighted by Crippen LogP contribution is -2.40. The van der Waals surface area contributed by atoms with E-state index in [1.54, 1.807) is 0 Å². The molecule has 0 amide bonds. The smallest absolute Gasteiger partial charge is 0.353 e. The normalized spacial score (nSPS) is 25.5. The van der Waals surface area contributed by atoms with Crippen LogP contribution >= 0.6 is 0 Å². The second-order valence-electron chi connectivity index (χ2n) is 4.97. The average Bonchev–Trinajstić information content (AvgIpc) is 2.37. The highest BCUT2D eigenvalue weighted by Crippen LogP contribution is 2.34. The molecule has 0 spiro atoms. The fourth-order valence-electron chi connectivity index (χ4n) is 2.48. The van der Waals surface area contributed by atoms with Crippen molar-refractivity contribution in [3.05, 3.63) is 0 Å². The van der Waals surface area contributed by atoms with E-state index in [2.05, 4.69) is 4.90 Å². The van der Waals surface area contributed by atoms with Crippen LogP contribution in [0.5, 0.6) is 0 Å². The standard InChI is InChI=1S/C12H20F3NO2/c13-12(14,15)10-2-5-16(6-3-10)7-4-11-17-8-1-9-18-11/h10-11H,1-9H2. The van der Waals surface area contributed by atoms with E-state index in [-0.39, 0.29) is 19.1 Å². The number of halogens is 3. The third kappa shape index (κ3) is 4.10. The minimum absolute atomic E-state index is 0.168. The third-order valence-corrected chi connectivity index (χ3v) is 3.63. The van der Waals surface area contributed by atoms with Crippen molar-refractivity contribution < 1.29 is 22.6 Å². The molecule has 2 heterocycles. The molecule has 106 valence electrons. The summed E-state index contributed by atoms with van der Waals surface area (Å²) < 4.78 is 48.3. The Balaban J connectivity index is 1.64. The summed E-state index contributed by atoms with van der Waals surface area (Å²) >= 11 is 0. The second kappa shape index (κ2) is 6.21. The first kappa shape index (κ1) is 14.1. The van der Waals surface area contributed by atoms with E-state index in [0.717, 1.165) is 32.6 Å². The molecule has 0 N–H and O–H groups in total. The van der Waals surface area contributed by atoms with Gasteiger partial charge < -0.3 is 14.4 Å². The first-order valence-corrected chi connectivity index (χ1v) is 6.58. The molecule has 0 radical (unpaired) electrons. The van der Waals surface area contributed by atoms with Gasteiger partial charge in [0.25, 0.3) is 0 Å². The second-order valence-corrected chi connectivity index (χ2v) is 4.97. The maximum absolute atomic E-state index is 12.5. The van der Waals surface area contributed by atoms with E-state index in [9.17, 15) is 13.2 Å². The van der Waals surface area contributed by atoms with E-state index >= 15 is 0 Å². The minimum Gasteiger partial charge on any atom is -0.353 e. The van der Waals surface area contributed by atoms with Crippen LogP contribution in [0.1, 0.15) is 25.7 Å². The number of nitrogens with zero attached hydrogens (tertiary/aromatic N) is 1. The first-order chi connectivity index (χ1) is 8.55. The number of piperidine rings is 1. The van der Waals surface area contributed by atoms with Crippen LogP contribution in [0.2, 0.25) is 0 Å². The number of rotatable bonds is 3. The van der Waals surface area contributed by atoms with Crippen LogP contribution in [0.25, 0.3) is 0 Å². The summed E-state index contributed by atoms with van der Waals surface area (Å²) in [6, 6.07) is 0. The Kier molecular flexibility index (Phi) is 4.86. The number of hydrogen-bond acceptors (Lipinski definition) is 3. The van der Waals surface area contributed by atoms with Crippen molar-refractivity contribution in [2.45, 2.75) is 38.1 Å². The molecular formula is C12H20F3NO2. The van der Waals surface area contributed by atoms with Gasteiger partial charge in [0.1, 0.15) is 0 Å². The summed E-state index contributed by atoms with van der Waals surface area (Å²) in [6.07, 6.45) is -2.09. The summed E-state index contributed by atoms with van der Waals surface area (Å²) in [7, 11) is 0. The van der Waals surface area contributed by atoms with Crippen molar-refractivity contribution in [3.8, 4) is 0 Å². The molecule has 0 aromatic rings. The highest BCUT2D eigenvalue weighted by molar-refractivity contribution is 4.77. The molecule has 0 atom stereocenters. The maximum atomic E-state index is 12.5. The van der Waals surface area contributed by atoms with Crippen LogP contribution in [-0.4, -0.2) is 50.2 Å². The molecule has 0 aliphatic carbocycles. The van der Waals surface area contributed by atoms with Crippen molar-refractivity contribution >= 4 is 0 Å². The molecular weight excluding hydrogens is 247 g/mol. The van der Waals surface area contributed by atoms with Crippen LogP contribution < -0.4 is 0 Å². The summed E-state index contributed by atoms with van der Waals surface area (Å²) in [4.78, 5) is 2.07. The molecule has 18 heavy (non-hydrogen) atoms. The van der Waals surface area contributed by atoms with Crippen molar-refractivity contribution in [3.63, 3.8) is 0 Å². The van der Waals surface area contributed by atoms with Crippen molar-refractivity contribution in [2.75, 3.05) is 32.8 Å². The fraction of sp³-hybridized carbons (Fsp3) is 1.00. The van der Waals surface area contributed by atoms with Gasteiger partial charge in [0, 0.05) is 13.0 Å². The number of ether oxygens (including phenoxy) is 2. The zero-order valence-electron chi connectivity index (χ0n) is 10.4. The SMILES string of the molecule is FC(F)(F)C1CCN(CCC2OCCCO2)CC1. The van der Waals surface area contributed by atoms with Gasteiger partial charge in [0.05, 0.1) is 19.1 Å². The molecule has 2 fully saturated rings. The van der Waals surface area contributed by atoms with Crippen LogP contribution in [0.4, 0.5) is 13.2 Å². The summed E-state index contributed by atoms with van der Waals surface area (Å²) in [5, 5.41) is 0. The lowest BCUT2D eigenvalue weighted by Gasteiger charge is -2.34. The Morgan fingerprint density at radius 2 is 1.67 bits per heavy atom. The van der Waals surface area contributed by atoms with Crippen molar-refractivity contribution in [2.24, 2.45) is 5.92 Å². The van der Waals surface area contributed by atoms with E-state index in [1.807, 2.05) is 0 Å². The number of hydrogen-bond donors (Lipinski definition) is 0. The average molecular weight is 267 g/mol. The minimum atomic E-state index is -4.03. The molecule has 2 rings (SSSR count). The Morgan fingerprint density at radius 3 is 2.22 bits per heavy atom. The van der Waals surface area contributed by atoms with Gasteiger partial charge in [-0.1, -0.05) is 0 Å². The van der Waals surface area contributed by atoms with Crippen LogP contribution in [0.15, 0.2) is 0 Å². The van der Waals surface area contributed by atoms with E-state index < -0.39 is 12.1 Å². The molecule has 0 aromatic heterocycles. The Hall–Kier alpha value is -0.330. The van der Waals surface area contributed by atoms with Crippen LogP contribution in [-0.2, 0) is 9.47 Å². The fourth-order valence-corrected chi connectivity index (χ4v) is 2.48. The third-order valence-electron chi connectivity index (χ3n) is 3.63. The van der Waals surface area contributed by atoms with Gasteiger partial charge in [-0.2, -0.15) is 13.2 Å². The van der Waals surface area contributed by atoms with E-state index in [1.165, 1.54) is 0 Å². The molecule has 3 nitrogen and oxygen atoms in total. The predicted molar refractivity (Wildman–Crippen MR) is 60.1 cm³/mol. The van der Waals surface area contributed by atoms with Crippen LogP contribution in [0.3, 0.4) is 0 Å². The Morgan fingerprint density at radius 1 is 1.06 bits per heavy atom. The molecule has 0 unspecified atom stereocenters. The lowest BCUT2D eigenvalue weighted by molar-refractivity contribution is -0.191. The topological polar surface area (TPSA) is 21.7 Å². The Bertz CT molecular complexity index is 246. The van der Waals surface area contributed by atoms with E-state index in [0.29, 0.717) is 13.1 Å². The highest BCUT2D eigenvalue weighted by atomic mass is 19.4. The molecule has 0 aromatic carbocycles. The van der Waals surface area contributed by atoms with Gasteiger partial charge in [-0.05, 0) is 32.4 Å². The summed E-state index contributed by atoms with van der Waals surface area (Å²) in [6.45, 7) is 3.25. The summed E-state index contributed by atoms with van der Waals surface area (Å²) in [5.74, 6) is -1.11. The quantitative estimate of drug-likeness (QED) is 0.784. The zero-order valence-corrected chi connectivity index (χ0v) is 10.4. The molecule has 2 saturated heterocycles. The van der Waals surface area contributed by atoms with Crippen molar-refractivity contribution in [1.82, 2.24) is 4.90 Å². The van der Waals surface area contributed by atoms with Gasteiger partial charge in [-0.3, -0.25) is 0 Å². The van der Waals surface area contributed by atoms with Gasteiger partial charge in [0.2, 0.25) is 0 Å². The van der Waals surface area contributed by atoms with Gasteiger partial charge in [-0.25, -0.2) is 0 Å². The van der Waals surface area contributed by atoms with Gasteiger partial charge >= 0.3 is 6.18 Å². The van der Waals surface area contributed by atoms with Crippen molar-refractivity contribution in [1.29, 1.82) is 0 Å². The maximum Gasteiger partial charge on any atom is 0.391 e. The van der Waals surface area contributed by atoms with Crippen LogP contribution in [0, 0.1) is 5.92 Å². The molecule has 0 bridgehead atoms. The molecule has 2 aliphatic heterocycles. The molecule has 6 heteroatoms. The largest absolute Gasteiger partial charge is 0.391 e. The highest BCUT2D eigenvalue weighted by Gasteiger charge is 2.40.